The summed E-state index contributed by atoms with van der Waals surface area (Å²) in [6.45, 7) is 0.295. The summed E-state index contributed by atoms with van der Waals surface area (Å²) in [5, 5.41) is 7.88. The third kappa shape index (κ3) is 4.48. The van der Waals surface area contributed by atoms with E-state index in [1.165, 1.54) is 6.20 Å². The summed E-state index contributed by atoms with van der Waals surface area (Å²) in [7, 11) is 3.91. The predicted molar refractivity (Wildman–Crippen MR) is 120 cm³/mol. The molecule has 3 aromatic heterocycles. The van der Waals surface area contributed by atoms with Crippen LogP contribution in [-0.4, -0.2) is 49.8 Å². The molecule has 8 nitrogen and oxygen atoms in total. The summed E-state index contributed by atoms with van der Waals surface area (Å²) in [4.78, 5) is 28.9. The van der Waals surface area contributed by atoms with E-state index in [-0.39, 0.29) is 5.91 Å². The molecule has 0 fully saturated rings. The fourth-order valence-corrected chi connectivity index (χ4v) is 4.01. The highest BCUT2D eigenvalue weighted by Crippen LogP contribution is 2.30. The number of nitrogens with zero attached hydrogens (tertiary/aromatic N) is 5. The Kier molecular flexibility index (Phi) is 6.08. The van der Waals surface area contributed by atoms with E-state index >= 15 is 0 Å². The number of rotatable bonds is 7. The number of amides is 1. The molecule has 0 aliphatic heterocycles. The van der Waals surface area contributed by atoms with E-state index in [0.29, 0.717) is 34.8 Å². The van der Waals surface area contributed by atoms with Crippen LogP contribution in [-0.2, 0) is 6.54 Å². The number of hydrogen-bond acceptors (Lipinski definition) is 6. The van der Waals surface area contributed by atoms with Crippen LogP contribution in [0.2, 0.25) is 5.02 Å². The van der Waals surface area contributed by atoms with Crippen LogP contribution < -0.4 is 5.32 Å². The topological polar surface area (TPSA) is 84.5 Å². The van der Waals surface area contributed by atoms with E-state index in [2.05, 4.69) is 15.4 Å². The lowest BCUT2D eigenvalue weighted by Crippen LogP contribution is -2.23. The number of fused-ring (bicyclic) bond motifs is 1. The van der Waals surface area contributed by atoms with Crippen molar-refractivity contribution in [3.8, 4) is 5.69 Å². The Morgan fingerprint density at radius 2 is 2.13 bits per heavy atom. The number of pyridine rings is 1. The minimum Gasteiger partial charge on any atom is -0.348 e. The Balaban J connectivity index is 1.46. The number of aldehydes is 1. The van der Waals surface area contributed by atoms with Gasteiger partial charge in [0.1, 0.15) is 11.3 Å². The van der Waals surface area contributed by atoms with E-state index in [0.717, 1.165) is 16.1 Å². The normalized spacial score (nSPS) is 11.2. The molecule has 0 aliphatic carbocycles. The first-order valence-corrected chi connectivity index (χ1v) is 10.5. The Labute approximate surface area is 188 Å². The molecule has 31 heavy (non-hydrogen) atoms. The summed E-state index contributed by atoms with van der Waals surface area (Å²) in [6.07, 6.45) is 7.37. The van der Waals surface area contributed by atoms with Gasteiger partial charge in [0.15, 0.2) is 6.29 Å². The molecule has 1 amide bonds. The largest absolute Gasteiger partial charge is 0.348 e. The lowest BCUT2D eigenvalue weighted by molar-refractivity contribution is 0.0951. The number of imidazole rings is 1. The average Bonchev–Trinajstić information content (AvgIpc) is 3.40. The lowest BCUT2D eigenvalue weighted by atomic mass is 10.2. The summed E-state index contributed by atoms with van der Waals surface area (Å²) in [5.74, 6) is -0.283. The third-order valence-corrected chi connectivity index (χ3v) is 5.82. The molecule has 158 valence electrons. The van der Waals surface area contributed by atoms with Crippen molar-refractivity contribution in [2.75, 3.05) is 14.1 Å². The van der Waals surface area contributed by atoms with E-state index in [1.807, 2.05) is 42.8 Å². The maximum atomic E-state index is 12.7. The standard InChI is InChI=1S/C21H19ClN6O2S/c1-26(2)31-19-6-5-15(8-18(19)22)28-12-14(10-25-28)9-24-21(30)17-4-3-7-27-16(13-29)11-23-20(17)27/h3-8,10-13H,9H2,1-2H3,(H,24,30). The van der Waals surface area contributed by atoms with Crippen LogP contribution in [0.15, 0.2) is 60.0 Å². The minimum atomic E-state index is -0.283. The van der Waals surface area contributed by atoms with Crippen LogP contribution in [0.25, 0.3) is 11.3 Å². The van der Waals surface area contributed by atoms with Gasteiger partial charge in [0.05, 0.1) is 28.7 Å². The van der Waals surface area contributed by atoms with E-state index in [4.69, 9.17) is 11.6 Å². The van der Waals surface area contributed by atoms with Gasteiger partial charge in [-0.05, 0) is 56.4 Å². The van der Waals surface area contributed by atoms with Crippen LogP contribution in [0, 0.1) is 0 Å². The van der Waals surface area contributed by atoms with Gasteiger partial charge in [0, 0.05) is 29.4 Å². The smallest absolute Gasteiger partial charge is 0.255 e. The Bertz CT molecular complexity index is 1270. The Morgan fingerprint density at radius 1 is 1.29 bits per heavy atom. The number of hydrogen-bond donors (Lipinski definition) is 1. The van der Waals surface area contributed by atoms with Crippen LogP contribution in [0.3, 0.4) is 0 Å². The Hall–Kier alpha value is -3.14. The highest BCUT2D eigenvalue weighted by Gasteiger charge is 2.14. The van der Waals surface area contributed by atoms with Crippen molar-refractivity contribution >= 4 is 41.4 Å². The van der Waals surface area contributed by atoms with Crippen molar-refractivity contribution in [1.29, 1.82) is 0 Å². The van der Waals surface area contributed by atoms with Gasteiger partial charge < -0.3 is 5.32 Å². The quantitative estimate of drug-likeness (QED) is 0.340. The van der Waals surface area contributed by atoms with Gasteiger partial charge in [-0.2, -0.15) is 5.10 Å². The van der Waals surface area contributed by atoms with Crippen LogP contribution in [0.5, 0.6) is 0 Å². The zero-order valence-corrected chi connectivity index (χ0v) is 18.4. The van der Waals surface area contributed by atoms with Crippen molar-refractivity contribution in [3.63, 3.8) is 0 Å². The number of aromatic nitrogens is 4. The second-order valence-electron chi connectivity index (χ2n) is 6.91. The van der Waals surface area contributed by atoms with Crippen molar-refractivity contribution in [3.05, 3.63) is 77.0 Å². The highest BCUT2D eigenvalue weighted by atomic mass is 35.5. The van der Waals surface area contributed by atoms with Gasteiger partial charge in [-0.25, -0.2) is 9.67 Å². The molecule has 10 heteroatoms. The van der Waals surface area contributed by atoms with Gasteiger partial charge in [-0.1, -0.05) is 11.6 Å². The fourth-order valence-electron chi connectivity index (χ4n) is 3.07. The number of carbonyl (C=O) groups is 2. The SMILES string of the molecule is CN(C)Sc1ccc(-n2cc(CNC(=O)c3cccn4c(C=O)cnc34)cn2)cc1Cl. The summed E-state index contributed by atoms with van der Waals surface area (Å²) in [6, 6.07) is 9.12. The highest BCUT2D eigenvalue weighted by molar-refractivity contribution is 7.97. The monoisotopic (exact) mass is 454 g/mol. The molecule has 0 saturated carbocycles. The van der Waals surface area contributed by atoms with Crippen LogP contribution >= 0.6 is 23.5 Å². The van der Waals surface area contributed by atoms with Crippen molar-refractivity contribution in [1.82, 2.24) is 28.8 Å². The number of benzene rings is 1. The number of carbonyl (C=O) groups excluding carboxylic acids is 2. The molecule has 0 bridgehead atoms. The molecule has 0 spiro atoms. The van der Waals surface area contributed by atoms with Gasteiger partial charge in [-0.3, -0.25) is 18.3 Å². The van der Waals surface area contributed by atoms with Gasteiger partial charge in [0.2, 0.25) is 0 Å². The second kappa shape index (κ2) is 8.93. The molecule has 1 aromatic carbocycles. The first-order valence-electron chi connectivity index (χ1n) is 9.34. The van der Waals surface area contributed by atoms with Crippen molar-refractivity contribution in [2.45, 2.75) is 11.4 Å². The van der Waals surface area contributed by atoms with E-state index < -0.39 is 0 Å². The van der Waals surface area contributed by atoms with Gasteiger partial charge in [0.25, 0.3) is 5.91 Å². The number of nitrogens with one attached hydrogen (secondary N) is 1. The number of halogens is 1. The molecular formula is C21H19ClN6O2S. The summed E-state index contributed by atoms with van der Waals surface area (Å²) < 4.78 is 5.27. The fraction of sp³-hybridized carbons (Fsp3) is 0.143. The summed E-state index contributed by atoms with van der Waals surface area (Å²) >= 11 is 7.93. The first kappa shape index (κ1) is 21.1. The zero-order chi connectivity index (χ0) is 22.0. The maximum absolute atomic E-state index is 12.7. The van der Waals surface area contributed by atoms with Gasteiger partial charge >= 0.3 is 0 Å². The molecule has 4 aromatic rings. The van der Waals surface area contributed by atoms with Crippen molar-refractivity contribution < 1.29 is 9.59 Å². The van der Waals surface area contributed by atoms with Crippen molar-refractivity contribution in [2.24, 2.45) is 0 Å². The van der Waals surface area contributed by atoms with Gasteiger partial charge in [-0.15, -0.1) is 0 Å². The molecular weight excluding hydrogens is 436 g/mol. The van der Waals surface area contributed by atoms with E-state index in [1.54, 1.807) is 45.6 Å². The molecule has 1 N–H and O–H groups in total. The minimum absolute atomic E-state index is 0.283. The second-order valence-corrected chi connectivity index (χ2v) is 8.67. The Morgan fingerprint density at radius 3 is 2.87 bits per heavy atom. The maximum Gasteiger partial charge on any atom is 0.255 e. The molecule has 0 radical (unpaired) electrons. The molecule has 4 rings (SSSR count). The molecule has 0 atom stereocenters. The van der Waals surface area contributed by atoms with Crippen LogP contribution in [0.1, 0.15) is 26.4 Å². The first-order chi connectivity index (χ1) is 15.0. The third-order valence-electron chi connectivity index (χ3n) is 4.48. The van der Waals surface area contributed by atoms with Crippen LogP contribution in [0.4, 0.5) is 0 Å². The lowest BCUT2D eigenvalue weighted by Gasteiger charge is -2.11. The predicted octanol–water partition coefficient (Wildman–Crippen LogP) is 3.48. The zero-order valence-electron chi connectivity index (χ0n) is 16.8. The average molecular weight is 455 g/mol. The molecule has 0 unspecified atom stereocenters. The van der Waals surface area contributed by atoms with E-state index in [9.17, 15) is 9.59 Å². The molecule has 3 heterocycles. The molecule has 0 saturated heterocycles. The summed E-state index contributed by atoms with van der Waals surface area (Å²) in [5.41, 5.74) is 2.88. The molecule has 0 aliphatic rings.